The molecule has 0 aromatic heterocycles. The van der Waals surface area contributed by atoms with Crippen molar-refractivity contribution in [2.75, 3.05) is 6.54 Å². The summed E-state index contributed by atoms with van der Waals surface area (Å²) < 4.78 is 27.2. The molecular weight excluding hydrogens is 256 g/mol. The minimum absolute atomic E-state index is 0.0980. The first-order chi connectivity index (χ1) is 8.44. The standard InChI is InChI=1S/C11H16N2O4S/c1-2-12-18(16,17)13-10(11(14)15)8-9-6-4-3-5-7-9/h3-7,10,12-13H,2,8H2,1H3,(H,14,15). The van der Waals surface area contributed by atoms with Gasteiger partial charge >= 0.3 is 5.97 Å². The average Bonchev–Trinajstić information content (AvgIpc) is 2.29. The fourth-order valence-electron chi connectivity index (χ4n) is 1.45. The van der Waals surface area contributed by atoms with Crippen LogP contribution in [-0.4, -0.2) is 32.1 Å². The molecule has 6 nitrogen and oxygen atoms in total. The van der Waals surface area contributed by atoms with Crippen LogP contribution in [-0.2, 0) is 21.4 Å². The lowest BCUT2D eigenvalue weighted by molar-refractivity contribution is -0.138. The Kier molecular flexibility index (Phi) is 5.26. The smallest absolute Gasteiger partial charge is 0.322 e. The summed E-state index contributed by atoms with van der Waals surface area (Å²) in [5.41, 5.74) is 0.754. The Balaban J connectivity index is 2.76. The van der Waals surface area contributed by atoms with Gasteiger partial charge in [-0.25, -0.2) is 4.72 Å². The van der Waals surface area contributed by atoms with Crippen molar-refractivity contribution >= 4 is 16.2 Å². The lowest BCUT2D eigenvalue weighted by Gasteiger charge is -2.14. The molecule has 0 spiro atoms. The van der Waals surface area contributed by atoms with Crippen molar-refractivity contribution < 1.29 is 18.3 Å². The van der Waals surface area contributed by atoms with Crippen LogP contribution in [0.15, 0.2) is 30.3 Å². The van der Waals surface area contributed by atoms with Gasteiger partial charge in [0, 0.05) is 6.54 Å². The molecule has 1 atom stereocenters. The second-order valence-corrected chi connectivity index (χ2v) is 5.23. The molecule has 1 rings (SSSR count). The van der Waals surface area contributed by atoms with Crippen molar-refractivity contribution in [3.8, 4) is 0 Å². The Morgan fingerprint density at radius 3 is 2.44 bits per heavy atom. The maximum atomic E-state index is 11.5. The van der Waals surface area contributed by atoms with Gasteiger partial charge in [0.1, 0.15) is 6.04 Å². The van der Waals surface area contributed by atoms with E-state index in [0.29, 0.717) is 0 Å². The molecule has 1 aromatic rings. The summed E-state index contributed by atoms with van der Waals surface area (Å²) in [4.78, 5) is 11.0. The van der Waals surface area contributed by atoms with E-state index in [1.165, 1.54) is 0 Å². The second kappa shape index (κ2) is 6.48. The van der Waals surface area contributed by atoms with E-state index in [9.17, 15) is 13.2 Å². The zero-order valence-electron chi connectivity index (χ0n) is 9.96. The van der Waals surface area contributed by atoms with Crippen LogP contribution in [0.4, 0.5) is 0 Å². The Morgan fingerprint density at radius 1 is 1.33 bits per heavy atom. The van der Waals surface area contributed by atoms with Gasteiger partial charge in [-0.05, 0) is 12.0 Å². The molecule has 18 heavy (non-hydrogen) atoms. The van der Waals surface area contributed by atoms with Gasteiger partial charge in [-0.1, -0.05) is 37.3 Å². The molecule has 0 aliphatic heterocycles. The van der Waals surface area contributed by atoms with Crippen molar-refractivity contribution in [1.29, 1.82) is 0 Å². The molecule has 0 aliphatic carbocycles. The van der Waals surface area contributed by atoms with E-state index in [1.807, 2.05) is 6.07 Å². The fraction of sp³-hybridized carbons (Fsp3) is 0.364. The SMILES string of the molecule is CCNS(=O)(=O)NC(Cc1ccccc1)C(=O)O. The summed E-state index contributed by atoms with van der Waals surface area (Å²) in [5.74, 6) is -1.21. The molecule has 100 valence electrons. The zero-order chi connectivity index (χ0) is 13.6. The van der Waals surface area contributed by atoms with E-state index in [1.54, 1.807) is 31.2 Å². The molecule has 0 saturated heterocycles. The van der Waals surface area contributed by atoms with Gasteiger partial charge in [-0.15, -0.1) is 0 Å². The van der Waals surface area contributed by atoms with Crippen LogP contribution >= 0.6 is 0 Å². The normalized spacial score (nSPS) is 13.2. The largest absolute Gasteiger partial charge is 0.480 e. The molecule has 0 heterocycles. The predicted octanol–water partition coefficient (Wildman–Crippen LogP) is 0.126. The van der Waals surface area contributed by atoms with Gasteiger partial charge < -0.3 is 5.11 Å². The third-order valence-electron chi connectivity index (χ3n) is 2.21. The minimum Gasteiger partial charge on any atom is -0.480 e. The van der Waals surface area contributed by atoms with E-state index in [-0.39, 0.29) is 13.0 Å². The lowest BCUT2D eigenvalue weighted by Crippen LogP contribution is -2.47. The summed E-state index contributed by atoms with van der Waals surface area (Å²) >= 11 is 0. The number of aliphatic carboxylic acids is 1. The van der Waals surface area contributed by atoms with Crippen molar-refractivity contribution in [3.63, 3.8) is 0 Å². The first kappa shape index (κ1) is 14.6. The quantitative estimate of drug-likeness (QED) is 0.657. The molecule has 0 radical (unpaired) electrons. The minimum atomic E-state index is -3.78. The van der Waals surface area contributed by atoms with Crippen LogP contribution in [0.2, 0.25) is 0 Å². The van der Waals surface area contributed by atoms with E-state index in [2.05, 4.69) is 9.44 Å². The molecule has 0 bridgehead atoms. The van der Waals surface area contributed by atoms with Crippen molar-refractivity contribution in [2.45, 2.75) is 19.4 Å². The van der Waals surface area contributed by atoms with Gasteiger partial charge in [0.05, 0.1) is 0 Å². The number of nitrogens with one attached hydrogen (secondary N) is 2. The Bertz CT molecular complexity index is 487. The van der Waals surface area contributed by atoms with Gasteiger partial charge in [-0.3, -0.25) is 4.79 Å². The van der Waals surface area contributed by atoms with Gasteiger partial charge in [0.25, 0.3) is 10.2 Å². The summed E-state index contributed by atoms with van der Waals surface area (Å²) in [6, 6.07) is 7.66. The van der Waals surface area contributed by atoms with Gasteiger partial charge in [0.2, 0.25) is 0 Å². The van der Waals surface area contributed by atoms with E-state index in [0.717, 1.165) is 5.56 Å². The Hall–Kier alpha value is -1.44. The maximum Gasteiger partial charge on any atom is 0.322 e. The van der Waals surface area contributed by atoms with Crippen LogP contribution in [0.3, 0.4) is 0 Å². The summed E-state index contributed by atoms with van der Waals surface area (Å²) in [6.07, 6.45) is 0.0980. The number of carboxylic acids is 1. The Labute approximate surface area is 106 Å². The summed E-state index contributed by atoms with van der Waals surface area (Å²) in [5, 5.41) is 9.01. The van der Waals surface area contributed by atoms with Crippen LogP contribution in [0.25, 0.3) is 0 Å². The highest BCUT2D eigenvalue weighted by molar-refractivity contribution is 7.87. The summed E-state index contributed by atoms with van der Waals surface area (Å²) in [6.45, 7) is 1.82. The summed E-state index contributed by atoms with van der Waals surface area (Å²) in [7, 11) is -3.78. The van der Waals surface area contributed by atoms with E-state index < -0.39 is 22.2 Å². The molecule has 1 aromatic carbocycles. The third kappa shape index (κ3) is 4.82. The van der Waals surface area contributed by atoms with Gasteiger partial charge in [0.15, 0.2) is 0 Å². The molecule has 0 saturated carbocycles. The van der Waals surface area contributed by atoms with Gasteiger partial charge in [-0.2, -0.15) is 13.1 Å². The van der Waals surface area contributed by atoms with E-state index >= 15 is 0 Å². The monoisotopic (exact) mass is 272 g/mol. The lowest BCUT2D eigenvalue weighted by atomic mass is 10.1. The number of hydrogen-bond acceptors (Lipinski definition) is 3. The number of rotatable bonds is 7. The fourth-order valence-corrected chi connectivity index (χ4v) is 2.47. The molecule has 3 N–H and O–H groups in total. The highest BCUT2D eigenvalue weighted by Crippen LogP contribution is 2.04. The molecule has 0 amide bonds. The highest BCUT2D eigenvalue weighted by atomic mass is 32.2. The number of hydrogen-bond donors (Lipinski definition) is 3. The molecule has 1 unspecified atom stereocenters. The first-order valence-electron chi connectivity index (χ1n) is 5.48. The van der Waals surface area contributed by atoms with Crippen molar-refractivity contribution in [1.82, 2.24) is 9.44 Å². The third-order valence-corrected chi connectivity index (χ3v) is 3.48. The van der Waals surface area contributed by atoms with Crippen LogP contribution in [0, 0.1) is 0 Å². The highest BCUT2D eigenvalue weighted by Gasteiger charge is 2.23. The average molecular weight is 272 g/mol. The van der Waals surface area contributed by atoms with Crippen LogP contribution in [0.1, 0.15) is 12.5 Å². The van der Waals surface area contributed by atoms with E-state index in [4.69, 9.17) is 5.11 Å². The van der Waals surface area contributed by atoms with Crippen LogP contribution in [0.5, 0.6) is 0 Å². The predicted molar refractivity (Wildman–Crippen MR) is 67.3 cm³/mol. The topological polar surface area (TPSA) is 95.5 Å². The molecule has 0 fully saturated rings. The second-order valence-electron chi connectivity index (χ2n) is 3.70. The molecular formula is C11H16N2O4S. The maximum absolute atomic E-state index is 11.5. The number of carboxylic acid groups (broad SMARTS) is 1. The molecule has 7 heteroatoms. The van der Waals surface area contributed by atoms with Crippen molar-refractivity contribution in [3.05, 3.63) is 35.9 Å². The van der Waals surface area contributed by atoms with Crippen LogP contribution < -0.4 is 9.44 Å². The first-order valence-corrected chi connectivity index (χ1v) is 6.96. The Morgan fingerprint density at radius 2 is 1.94 bits per heavy atom. The zero-order valence-corrected chi connectivity index (χ0v) is 10.8. The number of carbonyl (C=O) groups is 1. The van der Waals surface area contributed by atoms with Crippen molar-refractivity contribution in [2.24, 2.45) is 0 Å². The molecule has 0 aliphatic rings. The number of benzene rings is 1.